The second kappa shape index (κ2) is 7.56. The first-order valence-corrected chi connectivity index (χ1v) is 10.0. The van der Waals surface area contributed by atoms with E-state index in [1.54, 1.807) is 12.1 Å². The molecular formula is C22H22ClFN2O4. The van der Waals surface area contributed by atoms with Crippen LogP contribution in [0.25, 0.3) is 0 Å². The Labute approximate surface area is 178 Å². The highest BCUT2D eigenvalue weighted by molar-refractivity contribution is 6.30. The van der Waals surface area contributed by atoms with Gasteiger partial charge in [0, 0.05) is 22.7 Å². The quantitative estimate of drug-likeness (QED) is 0.627. The molecule has 3 fully saturated rings. The molecule has 2 aromatic carbocycles. The van der Waals surface area contributed by atoms with E-state index in [2.05, 4.69) is 10.6 Å². The van der Waals surface area contributed by atoms with Crippen LogP contribution in [0.5, 0.6) is 5.75 Å². The predicted octanol–water partition coefficient (Wildman–Crippen LogP) is 2.88. The van der Waals surface area contributed by atoms with Crippen molar-refractivity contribution in [2.75, 3.05) is 6.61 Å². The van der Waals surface area contributed by atoms with Gasteiger partial charge in [-0.25, -0.2) is 4.39 Å². The van der Waals surface area contributed by atoms with Crippen LogP contribution in [0.3, 0.4) is 0 Å². The van der Waals surface area contributed by atoms with Crippen molar-refractivity contribution in [3.8, 4) is 5.75 Å². The molecule has 0 radical (unpaired) electrons. The molecule has 2 amide bonds. The van der Waals surface area contributed by atoms with Crippen molar-refractivity contribution >= 4 is 23.4 Å². The van der Waals surface area contributed by atoms with Gasteiger partial charge in [-0.3, -0.25) is 9.59 Å². The van der Waals surface area contributed by atoms with Crippen LogP contribution in [0, 0.1) is 12.7 Å². The van der Waals surface area contributed by atoms with Crippen molar-refractivity contribution in [1.29, 1.82) is 0 Å². The summed E-state index contributed by atoms with van der Waals surface area (Å²) in [6.07, 6.45) is 1.98. The largest absolute Gasteiger partial charge is 0.484 e. The zero-order valence-electron chi connectivity index (χ0n) is 16.4. The molecule has 0 aliphatic heterocycles. The monoisotopic (exact) mass is 432 g/mol. The summed E-state index contributed by atoms with van der Waals surface area (Å²) >= 11 is 5.62. The van der Waals surface area contributed by atoms with Gasteiger partial charge in [-0.05, 0) is 61.6 Å². The van der Waals surface area contributed by atoms with Gasteiger partial charge in [-0.2, -0.15) is 0 Å². The SMILES string of the molecule is Cc1ccc(C(=O)NC23CC(NC(=O)COc4ccc(Cl)c(F)c4)(C2)C3)cc1CO. The summed E-state index contributed by atoms with van der Waals surface area (Å²) in [7, 11) is 0. The molecule has 6 nitrogen and oxygen atoms in total. The van der Waals surface area contributed by atoms with Gasteiger partial charge in [0.1, 0.15) is 11.6 Å². The number of halogens is 2. The summed E-state index contributed by atoms with van der Waals surface area (Å²) in [5.41, 5.74) is 1.56. The van der Waals surface area contributed by atoms with Crippen LogP contribution in [0.15, 0.2) is 36.4 Å². The van der Waals surface area contributed by atoms with Crippen LogP contribution < -0.4 is 15.4 Å². The van der Waals surface area contributed by atoms with Crippen LogP contribution in [0.1, 0.15) is 40.7 Å². The maximum Gasteiger partial charge on any atom is 0.258 e. The molecule has 0 spiro atoms. The summed E-state index contributed by atoms with van der Waals surface area (Å²) in [6.45, 7) is 1.54. The summed E-state index contributed by atoms with van der Waals surface area (Å²) in [4.78, 5) is 24.7. The summed E-state index contributed by atoms with van der Waals surface area (Å²) in [6, 6.07) is 9.26. The predicted molar refractivity (Wildman–Crippen MR) is 109 cm³/mol. The van der Waals surface area contributed by atoms with E-state index in [1.165, 1.54) is 12.1 Å². The molecule has 8 heteroatoms. The van der Waals surface area contributed by atoms with Gasteiger partial charge in [-0.15, -0.1) is 0 Å². The molecule has 2 aromatic rings. The summed E-state index contributed by atoms with van der Waals surface area (Å²) in [5.74, 6) is -0.853. The van der Waals surface area contributed by atoms with Crippen molar-refractivity contribution in [3.63, 3.8) is 0 Å². The molecule has 158 valence electrons. The van der Waals surface area contributed by atoms with Gasteiger partial charge < -0.3 is 20.5 Å². The van der Waals surface area contributed by atoms with Crippen molar-refractivity contribution in [1.82, 2.24) is 10.6 Å². The van der Waals surface area contributed by atoms with Crippen molar-refractivity contribution in [2.45, 2.75) is 43.9 Å². The number of aryl methyl sites for hydroxylation is 1. The van der Waals surface area contributed by atoms with Gasteiger partial charge in [-0.1, -0.05) is 17.7 Å². The lowest BCUT2D eigenvalue weighted by Gasteiger charge is -2.70. The Morgan fingerprint density at radius 1 is 1.13 bits per heavy atom. The van der Waals surface area contributed by atoms with Crippen LogP contribution in [0.4, 0.5) is 4.39 Å². The number of carbonyl (C=O) groups is 2. The molecule has 3 N–H and O–H groups in total. The lowest BCUT2D eigenvalue weighted by molar-refractivity contribution is -0.141. The smallest absolute Gasteiger partial charge is 0.258 e. The number of nitrogens with one attached hydrogen (secondary N) is 2. The molecule has 3 saturated carbocycles. The van der Waals surface area contributed by atoms with Gasteiger partial charge in [0.25, 0.3) is 11.8 Å². The first kappa shape index (κ1) is 20.6. The third-order valence-corrected chi connectivity index (χ3v) is 6.16. The van der Waals surface area contributed by atoms with Crippen LogP contribution >= 0.6 is 11.6 Å². The number of aliphatic hydroxyl groups excluding tert-OH is 1. The Hall–Kier alpha value is -2.64. The van der Waals surface area contributed by atoms with E-state index in [0.717, 1.165) is 17.2 Å². The molecular weight excluding hydrogens is 411 g/mol. The van der Waals surface area contributed by atoms with Crippen LogP contribution in [0.2, 0.25) is 5.02 Å². The number of amides is 2. The first-order valence-electron chi connectivity index (χ1n) is 9.65. The van der Waals surface area contributed by atoms with Crippen molar-refractivity contribution in [3.05, 3.63) is 63.9 Å². The Morgan fingerprint density at radius 3 is 2.50 bits per heavy atom. The van der Waals surface area contributed by atoms with Crippen LogP contribution in [-0.4, -0.2) is 34.6 Å². The minimum absolute atomic E-state index is 0.00812. The van der Waals surface area contributed by atoms with E-state index < -0.39 is 5.82 Å². The number of hydrogen-bond donors (Lipinski definition) is 3. The van der Waals surface area contributed by atoms with E-state index in [9.17, 15) is 19.1 Å². The van der Waals surface area contributed by atoms with E-state index in [4.69, 9.17) is 16.3 Å². The molecule has 3 aliphatic carbocycles. The lowest BCUT2D eigenvalue weighted by Crippen LogP contribution is -2.84. The third-order valence-electron chi connectivity index (χ3n) is 5.86. The lowest BCUT2D eigenvalue weighted by atomic mass is 9.44. The zero-order valence-corrected chi connectivity index (χ0v) is 17.2. The third kappa shape index (κ3) is 3.87. The summed E-state index contributed by atoms with van der Waals surface area (Å²) < 4.78 is 18.7. The Kier molecular flexibility index (Phi) is 5.20. The standard InChI is InChI=1S/C22H22ClFN2O4/c1-13-2-3-14(6-15(13)8-27)20(29)26-22-10-21(11-22,12-22)25-19(28)9-30-16-4-5-17(23)18(24)7-16/h2-7,27H,8-12H2,1H3,(H,25,28)(H,26,29). The Morgan fingerprint density at radius 2 is 1.83 bits per heavy atom. The maximum atomic E-state index is 13.4. The average molecular weight is 433 g/mol. The van der Waals surface area contributed by atoms with E-state index in [0.29, 0.717) is 24.8 Å². The molecule has 0 heterocycles. The van der Waals surface area contributed by atoms with Gasteiger partial charge in [0.2, 0.25) is 0 Å². The molecule has 0 atom stereocenters. The minimum atomic E-state index is -0.605. The maximum absolute atomic E-state index is 13.4. The van der Waals surface area contributed by atoms with E-state index in [1.807, 2.05) is 13.0 Å². The Balaban J connectivity index is 1.25. The highest BCUT2D eigenvalue weighted by Gasteiger charge is 2.69. The van der Waals surface area contributed by atoms with Crippen molar-refractivity contribution in [2.24, 2.45) is 0 Å². The number of ether oxygens (including phenoxy) is 1. The molecule has 2 bridgehead atoms. The average Bonchev–Trinajstić information content (AvgIpc) is 2.66. The summed E-state index contributed by atoms with van der Waals surface area (Å²) in [5, 5.41) is 15.4. The minimum Gasteiger partial charge on any atom is -0.484 e. The topological polar surface area (TPSA) is 87.7 Å². The molecule has 0 aromatic heterocycles. The second-order valence-electron chi connectivity index (χ2n) is 8.26. The highest BCUT2D eigenvalue weighted by atomic mass is 35.5. The fourth-order valence-corrected chi connectivity index (χ4v) is 4.51. The van der Waals surface area contributed by atoms with Crippen molar-refractivity contribution < 1.29 is 23.8 Å². The van der Waals surface area contributed by atoms with Gasteiger partial charge >= 0.3 is 0 Å². The normalized spacial score (nSPS) is 23.7. The van der Waals surface area contributed by atoms with E-state index in [-0.39, 0.29) is 46.9 Å². The Bertz CT molecular complexity index is 1010. The number of aliphatic hydroxyl groups is 1. The number of carbonyl (C=O) groups excluding carboxylic acids is 2. The molecule has 5 rings (SSSR count). The highest BCUT2D eigenvalue weighted by Crippen LogP contribution is 2.60. The fraction of sp³-hybridized carbons (Fsp3) is 0.364. The molecule has 30 heavy (non-hydrogen) atoms. The molecule has 3 aliphatic rings. The van der Waals surface area contributed by atoms with Gasteiger partial charge in [0.15, 0.2) is 6.61 Å². The molecule has 0 saturated heterocycles. The van der Waals surface area contributed by atoms with Gasteiger partial charge in [0.05, 0.1) is 11.6 Å². The molecule has 0 unspecified atom stereocenters. The fourth-order valence-electron chi connectivity index (χ4n) is 4.40. The van der Waals surface area contributed by atoms with Crippen LogP contribution in [-0.2, 0) is 11.4 Å². The number of benzene rings is 2. The number of hydrogen-bond acceptors (Lipinski definition) is 4. The van der Waals surface area contributed by atoms with E-state index >= 15 is 0 Å². The zero-order chi connectivity index (χ0) is 21.5. The number of rotatable bonds is 7. The second-order valence-corrected chi connectivity index (χ2v) is 8.66. The first-order chi connectivity index (χ1) is 14.2.